The van der Waals surface area contributed by atoms with E-state index < -0.39 is 26.7 Å². The number of amides is 1. The monoisotopic (exact) mass is 314 g/mol. The van der Waals surface area contributed by atoms with Gasteiger partial charge >= 0.3 is 0 Å². The van der Waals surface area contributed by atoms with Crippen LogP contribution in [0, 0.1) is 17.2 Å². The van der Waals surface area contributed by atoms with Crippen molar-refractivity contribution < 1.29 is 13.2 Å². The molecule has 2 aliphatic rings. The third kappa shape index (κ3) is 2.91. The fraction of sp³-hybridized carbons (Fsp3) is 0.846. The van der Waals surface area contributed by atoms with Crippen molar-refractivity contribution in [1.82, 2.24) is 10.3 Å². The Hall–Kier alpha value is -1.17. The fourth-order valence-corrected chi connectivity index (χ4v) is 3.91. The summed E-state index contributed by atoms with van der Waals surface area (Å²) < 4.78 is 23.6. The average molecular weight is 314 g/mol. The standard InChI is InChI=1S/C13H22N4O3S/c1-13(2,3)21(19,20)7-10(16-15)12(18)17-9(6-14)4-8-5-11(8)17/h8-11,16H,4-5,7,15H2,1-3H3/t8?,9-,10-,11-/m0/s1. The molecular formula is C13H22N4O3S. The van der Waals surface area contributed by atoms with Crippen LogP contribution in [0.3, 0.4) is 0 Å². The van der Waals surface area contributed by atoms with E-state index in [1.54, 1.807) is 20.8 Å². The minimum Gasteiger partial charge on any atom is -0.322 e. The third-order valence-electron chi connectivity index (χ3n) is 4.33. The van der Waals surface area contributed by atoms with Gasteiger partial charge in [0.25, 0.3) is 0 Å². The highest BCUT2D eigenvalue weighted by Crippen LogP contribution is 2.47. The maximum atomic E-state index is 12.6. The molecule has 0 aromatic carbocycles. The van der Waals surface area contributed by atoms with Crippen LogP contribution in [-0.4, -0.2) is 47.9 Å². The van der Waals surface area contributed by atoms with E-state index in [2.05, 4.69) is 11.5 Å². The molecule has 7 nitrogen and oxygen atoms in total. The molecule has 8 heteroatoms. The van der Waals surface area contributed by atoms with Crippen molar-refractivity contribution in [2.24, 2.45) is 11.8 Å². The number of hydrogen-bond donors (Lipinski definition) is 2. The summed E-state index contributed by atoms with van der Waals surface area (Å²) >= 11 is 0. The van der Waals surface area contributed by atoms with Gasteiger partial charge in [-0.05, 0) is 39.5 Å². The Bertz CT molecular complexity index is 575. The zero-order chi connectivity index (χ0) is 16.0. The number of rotatable bonds is 4. The molecule has 0 radical (unpaired) electrons. The first-order chi connectivity index (χ1) is 9.62. The number of nitrogens with one attached hydrogen (secondary N) is 1. The van der Waals surface area contributed by atoms with Crippen molar-refractivity contribution in [3.8, 4) is 6.07 Å². The van der Waals surface area contributed by atoms with Gasteiger partial charge in [0, 0.05) is 6.04 Å². The number of fused-ring (bicyclic) bond motifs is 1. The van der Waals surface area contributed by atoms with E-state index in [1.807, 2.05) is 0 Å². The molecule has 0 aromatic heterocycles. The molecule has 0 bridgehead atoms. The molecular weight excluding hydrogens is 292 g/mol. The first-order valence-corrected chi connectivity index (χ1v) is 8.68. The number of hydrogen-bond acceptors (Lipinski definition) is 6. The highest BCUT2D eigenvalue weighted by Gasteiger charge is 2.55. The molecule has 3 N–H and O–H groups in total. The van der Waals surface area contributed by atoms with E-state index in [0.717, 1.165) is 6.42 Å². The van der Waals surface area contributed by atoms with Crippen molar-refractivity contribution in [1.29, 1.82) is 5.26 Å². The number of hydrazine groups is 1. The molecule has 0 spiro atoms. The molecule has 21 heavy (non-hydrogen) atoms. The summed E-state index contributed by atoms with van der Waals surface area (Å²) in [6.45, 7) is 4.77. The number of likely N-dealkylation sites (tertiary alicyclic amines) is 1. The second-order valence-electron chi connectivity index (χ2n) is 6.80. The van der Waals surface area contributed by atoms with Crippen LogP contribution in [0.2, 0.25) is 0 Å². The molecule has 2 rings (SSSR count). The van der Waals surface area contributed by atoms with Crippen molar-refractivity contribution in [3.05, 3.63) is 0 Å². The lowest BCUT2D eigenvalue weighted by Crippen LogP contribution is -2.55. The molecule has 2 fully saturated rings. The number of carbonyl (C=O) groups is 1. The summed E-state index contributed by atoms with van der Waals surface area (Å²) in [7, 11) is -3.48. The van der Waals surface area contributed by atoms with Gasteiger partial charge in [-0.1, -0.05) is 0 Å². The molecule has 1 saturated carbocycles. The zero-order valence-electron chi connectivity index (χ0n) is 12.5. The Morgan fingerprint density at radius 3 is 2.57 bits per heavy atom. The number of sulfone groups is 1. The van der Waals surface area contributed by atoms with Gasteiger partial charge in [-0.25, -0.2) is 13.8 Å². The van der Waals surface area contributed by atoms with Crippen LogP contribution >= 0.6 is 0 Å². The van der Waals surface area contributed by atoms with Crippen LogP contribution in [-0.2, 0) is 14.6 Å². The van der Waals surface area contributed by atoms with Crippen molar-refractivity contribution in [2.75, 3.05) is 5.75 Å². The van der Waals surface area contributed by atoms with Gasteiger partial charge in [0.05, 0.1) is 16.6 Å². The van der Waals surface area contributed by atoms with Gasteiger partial charge in [0.1, 0.15) is 12.1 Å². The molecule has 1 unspecified atom stereocenters. The summed E-state index contributed by atoms with van der Waals surface area (Å²) in [5.41, 5.74) is 2.31. The van der Waals surface area contributed by atoms with E-state index in [4.69, 9.17) is 11.1 Å². The van der Waals surface area contributed by atoms with Gasteiger partial charge in [0.2, 0.25) is 5.91 Å². The second-order valence-corrected chi connectivity index (χ2v) is 9.59. The van der Waals surface area contributed by atoms with Crippen LogP contribution < -0.4 is 11.3 Å². The third-order valence-corrected chi connectivity index (χ3v) is 6.96. The Balaban J connectivity index is 2.15. The summed E-state index contributed by atoms with van der Waals surface area (Å²) in [5.74, 6) is 5.03. The van der Waals surface area contributed by atoms with E-state index in [-0.39, 0.29) is 17.7 Å². The van der Waals surface area contributed by atoms with Crippen molar-refractivity contribution in [3.63, 3.8) is 0 Å². The lowest BCUT2D eigenvalue weighted by atomic mass is 10.2. The Labute approximate surface area is 125 Å². The second kappa shape index (κ2) is 5.23. The number of piperidine rings is 1. The lowest BCUT2D eigenvalue weighted by Gasteiger charge is -2.29. The van der Waals surface area contributed by atoms with Crippen LogP contribution in [0.25, 0.3) is 0 Å². The molecule has 0 aromatic rings. The minimum atomic E-state index is -3.48. The van der Waals surface area contributed by atoms with E-state index in [0.29, 0.717) is 12.3 Å². The maximum Gasteiger partial charge on any atom is 0.243 e. The summed E-state index contributed by atoms with van der Waals surface area (Å²) in [4.78, 5) is 14.1. The van der Waals surface area contributed by atoms with Crippen molar-refractivity contribution in [2.45, 2.75) is 56.5 Å². The minimum absolute atomic E-state index is 0.0790. The fourth-order valence-electron chi connectivity index (χ4n) is 2.73. The highest BCUT2D eigenvalue weighted by molar-refractivity contribution is 7.92. The van der Waals surface area contributed by atoms with E-state index in [9.17, 15) is 13.2 Å². The quantitative estimate of drug-likeness (QED) is 0.536. The number of nitrogens with two attached hydrogens (primary N) is 1. The van der Waals surface area contributed by atoms with Crippen LogP contribution in [0.4, 0.5) is 0 Å². The first-order valence-electron chi connectivity index (χ1n) is 7.02. The lowest BCUT2D eigenvalue weighted by molar-refractivity contribution is -0.133. The van der Waals surface area contributed by atoms with Gasteiger partial charge in [-0.15, -0.1) is 0 Å². The SMILES string of the molecule is CC(C)(C)S(=O)(=O)C[C@H](NN)C(=O)N1[C@H](C#N)CC2C[C@@H]21. The Morgan fingerprint density at radius 1 is 1.48 bits per heavy atom. The first kappa shape index (κ1) is 16.2. The van der Waals surface area contributed by atoms with Gasteiger partial charge in [-0.2, -0.15) is 5.26 Å². The van der Waals surface area contributed by atoms with Crippen LogP contribution in [0.5, 0.6) is 0 Å². The van der Waals surface area contributed by atoms with Crippen LogP contribution in [0.15, 0.2) is 0 Å². The summed E-state index contributed by atoms with van der Waals surface area (Å²) in [6, 6.07) is 0.721. The molecule has 1 saturated heterocycles. The summed E-state index contributed by atoms with van der Waals surface area (Å²) in [5, 5.41) is 9.13. The van der Waals surface area contributed by atoms with Gasteiger partial charge in [-0.3, -0.25) is 10.6 Å². The Kier molecular flexibility index (Phi) is 4.04. The summed E-state index contributed by atoms with van der Waals surface area (Å²) in [6.07, 6.45) is 1.57. The smallest absolute Gasteiger partial charge is 0.243 e. The largest absolute Gasteiger partial charge is 0.322 e. The topological polar surface area (TPSA) is 116 Å². The predicted molar refractivity (Wildman–Crippen MR) is 77.4 cm³/mol. The maximum absolute atomic E-state index is 12.6. The number of nitrogens with zero attached hydrogens (tertiary/aromatic N) is 2. The average Bonchev–Trinajstić information content (AvgIpc) is 3.04. The molecule has 4 atom stereocenters. The normalized spacial score (nSPS) is 29.7. The molecule has 1 aliphatic carbocycles. The molecule has 1 aliphatic heterocycles. The van der Waals surface area contributed by atoms with E-state index in [1.165, 1.54) is 4.90 Å². The molecule has 1 amide bonds. The van der Waals surface area contributed by atoms with Crippen molar-refractivity contribution >= 4 is 15.7 Å². The van der Waals surface area contributed by atoms with Gasteiger partial charge in [0.15, 0.2) is 9.84 Å². The molecule has 118 valence electrons. The molecule has 1 heterocycles. The number of nitriles is 1. The van der Waals surface area contributed by atoms with E-state index >= 15 is 0 Å². The van der Waals surface area contributed by atoms with Gasteiger partial charge < -0.3 is 4.90 Å². The highest BCUT2D eigenvalue weighted by atomic mass is 32.2. The predicted octanol–water partition coefficient (Wildman–Crippen LogP) is -0.455. The number of carbonyl (C=O) groups excluding carboxylic acids is 1. The Morgan fingerprint density at radius 2 is 2.10 bits per heavy atom. The van der Waals surface area contributed by atoms with Crippen LogP contribution in [0.1, 0.15) is 33.6 Å². The zero-order valence-corrected chi connectivity index (χ0v) is 13.4.